The van der Waals surface area contributed by atoms with E-state index in [1.165, 1.54) is 0 Å². The summed E-state index contributed by atoms with van der Waals surface area (Å²) < 4.78 is 0. The minimum absolute atomic E-state index is 0.109. The number of Topliss-reactive ketones (excluding diaryl/α,β-unsaturated/α-hetero) is 4. The van der Waals surface area contributed by atoms with Crippen LogP contribution in [0.2, 0.25) is 0 Å². The predicted octanol–water partition coefficient (Wildman–Crippen LogP) is 3.34. The first-order valence-corrected chi connectivity index (χ1v) is 14.0. The van der Waals surface area contributed by atoms with Crippen molar-refractivity contribution in [1.82, 2.24) is 9.80 Å². The molecule has 3 fully saturated rings. The van der Waals surface area contributed by atoms with E-state index in [9.17, 15) is 19.2 Å². The Morgan fingerprint density at radius 1 is 0.684 bits per heavy atom. The van der Waals surface area contributed by atoms with Crippen LogP contribution < -0.4 is 0 Å². The number of ketones is 4. The number of carbonyl (C=O) groups is 4. The molecule has 0 radical (unpaired) electrons. The normalized spacial score (nSPS) is 29.1. The molecule has 5 rings (SSSR count). The number of fused-ring (bicyclic) bond motifs is 2. The van der Waals surface area contributed by atoms with Crippen LogP contribution in [-0.2, 0) is 19.2 Å². The molecule has 1 saturated carbocycles. The van der Waals surface area contributed by atoms with E-state index in [0.717, 1.165) is 51.9 Å². The number of likely N-dealkylation sites (tertiary alicyclic amines) is 2. The lowest BCUT2D eigenvalue weighted by Gasteiger charge is -2.33. The maximum atomic E-state index is 13.5. The van der Waals surface area contributed by atoms with Crippen molar-refractivity contribution >= 4 is 34.6 Å². The summed E-state index contributed by atoms with van der Waals surface area (Å²) in [5.74, 6) is -0.180. The summed E-state index contributed by atoms with van der Waals surface area (Å²) in [6.45, 7) is 7.44. The number of nitrogens with zero attached hydrogens (tertiary/aromatic N) is 4. The van der Waals surface area contributed by atoms with E-state index in [2.05, 4.69) is 23.6 Å². The third-order valence-corrected chi connectivity index (χ3v) is 7.81. The first kappa shape index (κ1) is 26.5. The molecular weight excluding hydrogens is 480 g/mol. The number of allylic oxidation sites excluding steroid dienone is 8. The van der Waals surface area contributed by atoms with Crippen LogP contribution in [0.3, 0.4) is 0 Å². The van der Waals surface area contributed by atoms with Gasteiger partial charge in [0.2, 0.25) is 0 Å². The fourth-order valence-electron chi connectivity index (χ4n) is 6.00. The first-order valence-electron chi connectivity index (χ1n) is 14.0. The average Bonchev–Trinajstić information content (AvgIpc) is 2.91. The summed E-state index contributed by atoms with van der Waals surface area (Å²) in [6, 6.07) is 0. The van der Waals surface area contributed by atoms with Crippen molar-refractivity contribution in [3.8, 4) is 0 Å². The van der Waals surface area contributed by atoms with E-state index in [0.29, 0.717) is 59.4 Å². The van der Waals surface area contributed by atoms with Gasteiger partial charge in [0.1, 0.15) is 0 Å². The van der Waals surface area contributed by atoms with Crippen LogP contribution in [0.1, 0.15) is 65.2 Å². The Balaban J connectivity index is 1.40. The lowest BCUT2D eigenvalue weighted by Crippen LogP contribution is -2.45. The highest BCUT2D eigenvalue weighted by molar-refractivity contribution is 6.37. The maximum Gasteiger partial charge on any atom is 0.194 e. The largest absolute Gasteiger partial charge is 0.296 e. The average molecular weight is 517 g/mol. The fourth-order valence-corrected chi connectivity index (χ4v) is 6.00. The lowest BCUT2D eigenvalue weighted by atomic mass is 9.75. The minimum atomic E-state index is -0.516. The Kier molecular flexibility index (Phi) is 7.91. The summed E-state index contributed by atoms with van der Waals surface area (Å²) in [5.41, 5.74) is 2.80. The number of hydrogen-bond acceptors (Lipinski definition) is 8. The molecule has 5 aliphatic rings. The monoisotopic (exact) mass is 516 g/mol. The fraction of sp³-hybridized carbons (Fsp3) is 0.533. The standard InChI is InChI=1S/C30H36N4O4/c1-3-13-33-15-5-7-25(35)29(33)31-19-9-11-21-23(17-19)27(37)22-12-10-20(18-24(22)28(21)38)32-30-26(36)8-6-16-34(30)14-4-2/h11-12,17-18,29-30H,3-10,13-16H2,1-2H3. The first-order chi connectivity index (χ1) is 18.4. The lowest BCUT2D eigenvalue weighted by molar-refractivity contribution is -0.127. The molecule has 0 N–H and O–H groups in total. The van der Waals surface area contributed by atoms with Gasteiger partial charge in [0.25, 0.3) is 0 Å². The van der Waals surface area contributed by atoms with Crippen molar-refractivity contribution in [2.75, 3.05) is 26.2 Å². The van der Waals surface area contributed by atoms with Gasteiger partial charge in [-0.3, -0.25) is 39.0 Å². The van der Waals surface area contributed by atoms with Crippen molar-refractivity contribution in [3.05, 3.63) is 46.6 Å². The number of carbonyl (C=O) groups excluding carboxylic acids is 4. The van der Waals surface area contributed by atoms with Crippen LogP contribution in [0.25, 0.3) is 0 Å². The molecular formula is C30H36N4O4. The van der Waals surface area contributed by atoms with E-state index < -0.39 is 12.3 Å². The van der Waals surface area contributed by atoms with Crippen molar-refractivity contribution in [1.29, 1.82) is 0 Å². The van der Waals surface area contributed by atoms with Crippen LogP contribution in [-0.4, -0.2) is 82.9 Å². The summed E-state index contributed by atoms with van der Waals surface area (Å²) >= 11 is 0. The predicted molar refractivity (Wildman–Crippen MR) is 146 cm³/mol. The second-order valence-corrected chi connectivity index (χ2v) is 10.6. The Hall–Kier alpha value is -3.10. The van der Waals surface area contributed by atoms with Gasteiger partial charge in [0.15, 0.2) is 35.5 Å². The molecule has 2 atom stereocenters. The van der Waals surface area contributed by atoms with Crippen LogP contribution >= 0.6 is 0 Å². The smallest absolute Gasteiger partial charge is 0.194 e. The van der Waals surface area contributed by atoms with Gasteiger partial charge < -0.3 is 0 Å². The molecule has 0 aromatic rings. The zero-order valence-electron chi connectivity index (χ0n) is 22.4. The molecule has 0 aromatic carbocycles. The van der Waals surface area contributed by atoms with Gasteiger partial charge >= 0.3 is 0 Å². The molecule has 2 saturated heterocycles. The summed E-state index contributed by atoms with van der Waals surface area (Å²) in [6.07, 6.45) is 11.3. The third-order valence-electron chi connectivity index (χ3n) is 7.81. The Morgan fingerprint density at radius 2 is 1.11 bits per heavy atom. The summed E-state index contributed by atoms with van der Waals surface area (Å²) in [7, 11) is 0. The Labute approximate surface area is 223 Å². The second kappa shape index (κ2) is 11.3. The summed E-state index contributed by atoms with van der Waals surface area (Å²) in [4.78, 5) is 66.0. The van der Waals surface area contributed by atoms with E-state index in [1.807, 2.05) is 0 Å². The molecule has 8 heteroatoms. The molecule has 0 spiro atoms. The van der Waals surface area contributed by atoms with Gasteiger partial charge in [-0.25, -0.2) is 0 Å². The second-order valence-electron chi connectivity index (χ2n) is 10.6. The highest BCUT2D eigenvalue weighted by Gasteiger charge is 2.39. The van der Waals surface area contributed by atoms with Crippen molar-refractivity contribution in [2.24, 2.45) is 9.98 Å². The van der Waals surface area contributed by atoms with Crippen LogP contribution in [0.4, 0.5) is 0 Å². The topological polar surface area (TPSA) is 99.5 Å². The number of aliphatic imine (C=N–C) groups is 2. The number of piperidine rings is 2. The Morgan fingerprint density at radius 3 is 1.50 bits per heavy atom. The number of rotatable bonds is 6. The van der Waals surface area contributed by atoms with Gasteiger partial charge in [0, 0.05) is 85.6 Å². The molecule has 3 aliphatic carbocycles. The van der Waals surface area contributed by atoms with Crippen molar-refractivity contribution < 1.29 is 19.2 Å². The van der Waals surface area contributed by atoms with Crippen molar-refractivity contribution in [2.45, 2.75) is 77.5 Å². The molecule has 0 bridgehead atoms. The number of hydrogen-bond donors (Lipinski definition) is 0. The van der Waals surface area contributed by atoms with Gasteiger partial charge in [-0.15, -0.1) is 0 Å². The van der Waals surface area contributed by atoms with E-state index in [-0.39, 0.29) is 23.1 Å². The quantitative estimate of drug-likeness (QED) is 0.537. The zero-order chi connectivity index (χ0) is 26.8. The molecule has 2 aliphatic heterocycles. The molecule has 38 heavy (non-hydrogen) atoms. The highest BCUT2D eigenvalue weighted by Crippen LogP contribution is 2.36. The van der Waals surface area contributed by atoms with Crippen LogP contribution in [0.5, 0.6) is 0 Å². The molecule has 0 aromatic heterocycles. The zero-order valence-corrected chi connectivity index (χ0v) is 22.4. The van der Waals surface area contributed by atoms with E-state index >= 15 is 0 Å². The molecule has 2 heterocycles. The van der Waals surface area contributed by atoms with Crippen LogP contribution in [0, 0.1) is 0 Å². The van der Waals surface area contributed by atoms with Gasteiger partial charge in [0.05, 0.1) is 0 Å². The van der Waals surface area contributed by atoms with Gasteiger partial charge in [-0.1, -0.05) is 26.0 Å². The van der Waals surface area contributed by atoms with E-state index in [4.69, 9.17) is 9.98 Å². The SMILES string of the molecule is CCCN1CCCC(=O)C1N=C1C=C2C(=O)C3=CCC(=NC4C(=O)CCCN4CCC)C=C3C(=O)C2=CC1. The van der Waals surface area contributed by atoms with Gasteiger partial charge in [-0.2, -0.15) is 0 Å². The third kappa shape index (κ3) is 5.12. The van der Waals surface area contributed by atoms with E-state index in [1.54, 1.807) is 24.3 Å². The van der Waals surface area contributed by atoms with Gasteiger partial charge in [-0.05, 0) is 37.8 Å². The maximum absolute atomic E-state index is 13.5. The summed E-state index contributed by atoms with van der Waals surface area (Å²) in [5, 5.41) is 0. The highest BCUT2D eigenvalue weighted by atomic mass is 16.1. The molecule has 8 nitrogen and oxygen atoms in total. The molecule has 2 unspecified atom stereocenters. The van der Waals surface area contributed by atoms with Crippen LogP contribution in [0.15, 0.2) is 56.6 Å². The molecule has 200 valence electrons. The van der Waals surface area contributed by atoms with Crippen molar-refractivity contribution in [3.63, 3.8) is 0 Å². The molecule has 0 amide bonds. The Bertz CT molecular complexity index is 1150. The minimum Gasteiger partial charge on any atom is -0.296 e.